The molecule has 0 N–H and O–H groups in total. The summed E-state index contributed by atoms with van der Waals surface area (Å²) >= 11 is 0. The Hall–Kier alpha value is -0.910. The molecule has 0 bridgehead atoms. The van der Waals surface area contributed by atoms with Gasteiger partial charge in [0.25, 0.3) is 0 Å². The first kappa shape index (κ1) is 11.2. The highest BCUT2D eigenvalue weighted by molar-refractivity contribution is 7.91. The highest BCUT2D eigenvalue weighted by atomic mass is 32.2. The van der Waals surface area contributed by atoms with E-state index in [1.807, 2.05) is 0 Å². The van der Waals surface area contributed by atoms with E-state index >= 15 is 0 Å². The lowest BCUT2D eigenvalue weighted by molar-refractivity contribution is 0.407. The predicted molar refractivity (Wildman–Crippen MR) is 63.7 cm³/mol. The second-order valence-corrected chi connectivity index (χ2v) is 7.41. The molecule has 94 valence electrons. The maximum Gasteiger partial charge on any atom is 0.151 e. The van der Waals surface area contributed by atoms with Gasteiger partial charge in [0, 0.05) is 18.4 Å². The van der Waals surface area contributed by atoms with Crippen molar-refractivity contribution >= 4 is 9.84 Å². The largest absolute Gasteiger partial charge is 0.312 e. The fourth-order valence-corrected chi connectivity index (χ4v) is 4.69. The van der Waals surface area contributed by atoms with E-state index in [1.54, 1.807) is 0 Å². The highest BCUT2D eigenvalue weighted by Crippen LogP contribution is 2.32. The molecule has 2 aliphatic heterocycles. The minimum atomic E-state index is -2.85. The van der Waals surface area contributed by atoms with E-state index in [2.05, 4.69) is 21.7 Å². The lowest BCUT2D eigenvalue weighted by Crippen LogP contribution is -2.20. The van der Waals surface area contributed by atoms with Crippen LogP contribution in [0.5, 0.6) is 0 Å². The number of hydrogen-bond donors (Lipinski definition) is 0. The van der Waals surface area contributed by atoms with Crippen LogP contribution in [0.3, 0.4) is 0 Å². The van der Waals surface area contributed by atoms with Gasteiger partial charge in [-0.1, -0.05) is 0 Å². The molecule has 0 spiro atoms. The zero-order chi connectivity index (χ0) is 12.0. The standard InChI is InChI=1S/C11H17N3O2S/c1-8-3-2-4-10-12-13-11(14(8)10)9-5-6-17(15,16)7-9/h8-9H,2-7H2,1H3. The van der Waals surface area contributed by atoms with Crippen molar-refractivity contribution < 1.29 is 8.42 Å². The van der Waals surface area contributed by atoms with Crippen molar-refractivity contribution in [3.8, 4) is 0 Å². The summed E-state index contributed by atoms with van der Waals surface area (Å²) in [5, 5.41) is 8.46. The van der Waals surface area contributed by atoms with E-state index in [0.29, 0.717) is 18.2 Å². The lowest BCUT2D eigenvalue weighted by Gasteiger charge is -2.23. The molecular formula is C11H17N3O2S. The first-order chi connectivity index (χ1) is 8.07. The van der Waals surface area contributed by atoms with Gasteiger partial charge in [-0.05, 0) is 26.2 Å². The van der Waals surface area contributed by atoms with Gasteiger partial charge < -0.3 is 4.57 Å². The molecular weight excluding hydrogens is 238 g/mol. The molecule has 0 saturated carbocycles. The molecule has 0 aliphatic carbocycles. The fraction of sp³-hybridized carbons (Fsp3) is 0.818. The number of aromatic nitrogens is 3. The molecule has 1 aromatic rings. The van der Waals surface area contributed by atoms with E-state index in [-0.39, 0.29) is 11.7 Å². The van der Waals surface area contributed by atoms with Crippen molar-refractivity contribution in [1.82, 2.24) is 14.8 Å². The van der Waals surface area contributed by atoms with Crippen molar-refractivity contribution in [2.75, 3.05) is 11.5 Å². The van der Waals surface area contributed by atoms with Crippen LogP contribution in [0.25, 0.3) is 0 Å². The van der Waals surface area contributed by atoms with Crippen LogP contribution in [0.2, 0.25) is 0 Å². The van der Waals surface area contributed by atoms with Gasteiger partial charge in [-0.15, -0.1) is 10.2 Å². The van der Waals surface area contributed by atoms with E-state index in [0.717, 1.165) is 30.9 Å². The molecule has 5 nitrogen and oxygen atoms in total. The maximum absolute atomic E-state index is 11.5. The molecule has 1 saturated heterocycles. The molecule has 2 atom stereocenters. The Labute approximate surface area is 101 Å². The highest BCUT2D eigenvalue weighted by Gasteiger charge is 2.34. The number of fused-ring (bicyclic) bond motifs is 1. The Bertz CT molecular complexity index is 535. The summed E-state index contributed by atoms with van der Waals surface area (Å²) in [6.07, 6.45) is 3.96. The van der Waals surface area contributed by atoms with Crippen molar-refractivity contribution in [3.63, 3.8) is 0 Å². The Balaban J connectivity index is 1.97. The first-order valence-corrected chi connectivity index (χ1v) is 8.03. The van der Waals surface area contributed by atoms with Crippen molar-refractivity contribution in [3.05, 3.63) is 11.6 Å². The number of nitrogens with zero attached hydrogens (tertiary/aromatic N) is 3. The van der Waals surface area contributed by atoms with Gasteiger partial charge in [0.15, 0.2) is 9.84 Å². The molecule has 0 aromatic carbocycles. The number of hydrogen-bond acceptors (Lipinski definition) is 4. The number of rotatable bonds is 1. The van der Waals surface area contributed by atoms with Gasteiger partial charge in [0.05, 0.1) is 11.5 Å². The third-order valence-electron chi connectivity index (χ3n) is 3.85. The SMILES string of the molecule is CC1CCCc2nnc(C3CCS(=O)(=O)C3)n21. The summed E-state index contributed by atoms with van der Waals surface area (Å²) in [6, 6.07) is 0.409. The van der Waals surface area contributed by atoms with E-state index in [9.17, 15) is 8.42 Å². The first-order valence-electron chi connectivity index (χ1n) is 6.21. The smallest absolute Gasteiger partial charge is 0.151 e. The van der Waals surface area contributed by atoms with Crippen LogP contribution in [-0.4, -0.2) is 34.7 Å². The molecule has 3 rings (SSSR count). The molecule has 6 heteroatoms. The number of aryl methyl sites for hydroxylation is 1. The second-order valence-electron chi connectivity index (χ2n) is 5.19. The molecule has 1 aromatic heterocycles. The summed E-state index contributed by atoms with van der Waals surface area (Å²) in [6.45, 7) is 2.17. The molecule has 3 heterocycles. The summed E-state index contributed by atoms with van der Waals surface area (Å²) in [5.74, 6) is 2.53. The van der Waals surface area contributed by atoms with E-state index in [1.165, 1.54) is 0 Å². The van der Waals surface area contributed by atoms with Crippen LogP contribution in [0, 0.1) is 0 Å². The summed E-state index contributed by atoms with van der Waals surface area (Å²) in [5.41, 5.74) is 0. The Morgan fingerprint density at radius 3 is 2.82 bits per heavy atom. The normalized spacial score (nSPS) is 31.4. The Kier molecular flexibility index (Phi) is 2.50. The molecule has 0 radical (unpaired) electrons. The van der Waals surface area contributed by atoms with Crippen LogP contribution in [0.1, 0.15) is 49.8 Å². The van der Waals surface area contributed by atoms with Crippen molar-refractivity contribution in [2.45, 2.75) is 44.6 Å². The predicted octanol–water partition coefficient (Wildman–Crippen LogP) is 1.08. The van der Waals surface area contributed by atoms with Crippen molar-refractivity contribution in [2.24, 2.45) is 0 Å². The van der Waals surface area contributed by atoms with Crippen LogP contribution in [-0.2, 0) is 16.3 Å². The van der Waals surface area contributed by atoms with Crippen molar-refractivity contribution in [1.29, 1.82) is 0 Å². The minimum absolute atomic E-state index is 0.0572. The monoisotopic (exact) mass is 255 g/mol. The van der Waals surface area contributed by atoms with E-state index in [4.69, 9.17) is 0 Å². The number of sulfone groups is 1. The molecule has 17 heavy (non-hydrogen) atoms. The van der Waals surface area contributed by atoms with Gasteiger partial charge >= 0.3 is 0 Å². The van der Waals surface area contributed by atoms with Gasteiger partial charge in [0.1, 0.15) is 11.6 Å². The topological polar surface area (TPSA) is 64.8 Å². The molecule has 2 aliphatic rings. The Morgan fingerprint density at radius 1 is 1.29 bits per heavy atom. The Morgan fingerprint density at radius 2 is 2.12 bits per heavy atom. The van der Waals surface area contributed by atoms with Gasteiger partial charge in [0.2, 0.25) is 0 Å². The third kappa shape index (κ3) is 1.88. The van der Waals surface area contributed by atoms with Gasteiger partial charge in [-0.3, -0.25) is 0 Å². The average Bonchev–Trinajstić information content (AvgIpc) is 2.82. The maximum atomic E-state index is 11.5. The summed E-state index contributed by atoms with van der Waals surface area (Å²) < 4.78 is 25.2. The van der Waals surface area contributed by atoms with Crippen LogP contribution >= 0.6 is 0 Å². The van der Waals surface area contributed by atoms with Crippen LogP contribution in [0.4, 0.5) is 0 Å². The second kappa shape index (κ2) is 3.80. The quantitative estimate of drug-likeness (QED) is 0.753. The average molecular weight is 255 g/mol. The minimum Gasteiger partial charge on any atom is -0.312 e. The van der Waals surface area contributed by atoms with Crippen LogP contribution < -0.4 is 0 Å². The summed E-state index contributed by atoms with van der Waals surface area (Å²) in [4.78, 5) is 0. The summed E-state index contributed by atoms with van der Waals surface area (Å²) in [7, 11) is -2.85. The molecule has 0 amide bonds. The lowest BCUT2D eigenvalue weighted by atomic mass is 10.0. The fourth-order valence-electron chi connectivity index (χ4n) is 2.95. The third-order valence-corrected chi connectivity index (χ3v) is 5.62. The van der Waals surface area contributed by atoms with Gasteiger partial charge in [-0.25, -0.2) is 8.42 Å². The van der Waals surface area contributed by atoms with Crippen LogP contribution in [0.15, 0.2) is 0 Å². The molecule has 1 fully saturated rings. The van der Waals surface area contributed by atoms with Gasteiger partial charge in [-0.2, -0.15) is 0 Å². The molecule has 2 unspecified atom stereocenters. The zero-order valence-electron chi connectivity index (χ0n) is 9.96. The zero-order valence-corrected chi connectivity index (χ0v) is 10.8. The van der Waals surface area contributed by atoms with E-state index < -0.39 is 9.84 Å².